The molecule has 10 nitrogen and oxygen atoms in total. The van der Waals surface area contributed by atoms with Crippen LogP contribution >= 0.6 is 0 Å². The molecular weight excluding hydrogens is 679 g/mol. The number of piperazine rings is 1. The van der Waals surface area contributed by atoms with E-state index < -0.39 is 0 Å². The van der Waals surface area contributed by atoms with Gasteiger partial charge in [0.05, 0.1) is 13.2 Å². The van der Waals surface area contributed by atoms with Gasteiger partial charge in [0.15, 0.2) is 5.75 Å². The number of benzene rings is 4. The first-order valence-corrected chi connectivity index (χ1v) is 19.8. The molecule has 5 aliphatic rings. The Hall–Kier alpha value is -4.93. The van der Waals surface area contributed by atoms with Crippen molar-refractivity contribution in [3.05, 3.63) is 83.4 Å². The molecule has 1 saturated carbocycles. The monoisotopic (exact) mass is 725 g/mol. The first kappa shape index (κ1) is 33.6. The van der Waals surface area contributed by atoms with Gasteiger partial charge in [-0.2, -0.15) is 9.97 Å². The average Bonchev–Trinajstić information content (AvgIpc) is 3.69. The van der Waals surface area contributed by atoms with Crippen LogP contribution in [0.15, 0.2) is 66.7 Å². The smallest absolute Gasteiger partial charge is 0.319 e. The highest BCUT2D eigenvalue weighted by Gasteiger charge is 2.40. The fourth-order valence-electron chi connectivity index (χ4n) is 9.11. The third-order valence-electron chi connectivity index (χ3n) is 12.2. The van der Waals surface area contributed by atoms with Crippen LogP contribution in [0.5, 0.6) is 17.5 Å². The number of ether oxygens (including phenoxy) is 3. The van der Waals surface area contributed by atoms with E-state index in [4.69, 9.17) is 24.2 Å². The number of aromatic nitrogens is 2. The van der Waals surface area contributed by atoms with E-state index in [1.807, 2.05) is 29.2 Å². The molecule has 2 bridgehead atoms. The van der Waals surface area contributed by atoms with E-state index in [0.717, 1.165) is 101 Å². The summed E-state index contributed by atoms with van der Waals surface area (Å²) in [6.07, 6.45) is 6.37. The SMILES string of the molecule is CC1CCC(=O)N1Cc1ccc(COc2c(-c3cc(O)cc4ccccc34)c(C3CC3)cc3c(N4CC5CC4CN5)nc(OC4CCOCC4)nc23)cc1. The van der Waals surface area contributed by atoms with Crippen LogP contribution in [-0.4, -0.2) is 76.4 Å². The van der Waals surface area contributed by atoms with E-state index in [1.54, 1.807) is 0 Å². The minimum Gasteiger partial charge on any atom is -0.508 e. The van der Waals surface area contributed by atoms with Crippen molar-refractivity contribution in [1.82, 2.24) is 20.2 Å². The number of phenols is 1. The zero-order valence-corrected chi connectivity index (χ0v) is 30.8. The second-order valence-corrected chi connectivity index (χ2v) is 16.0. The predicted molar refractivity (Wildman–Crippen MR) is 208 cm³/mol. The molecule has 5 aromatic rings. The van der Waals surface area contributed by atoms with Gasteiger partial charge in [-0.15, -0.1) is 0 Å². The zero-order chi connectivity index (χ0) is 36.3. The molecule has 10 rings (SSSR count). The van der Waals surface area contributed by atoms with Crippen LogP contribution in [0.4, 0.5) is 5.82 Å². The topological polar surface area (TPSA) is 109 Å². The number of nitrogens with zero attached hydrogens (tertiary/aromatic N) is 4. The number of anilines is 1. The number of aromatic hydroxyl groups is 1. The Morgan fingerprint density at radius 1 is 0.944 bits per heavy atom. The van der Waals surface area contributed by atoms with Crippen molar-refractivity contribution in [3.8, 4) is 28.6 Å². The van der Waals surface area contributed by atoms with E-state index in [0.29, 0.717) is 62.5 Å². The molecule has 278 valence electrons. The van der Waals surface area contributed by atoms with E-state index in [-0.39, 0.29) is 23.8 Å². The highest BCUT2D eigenvalue weighted by Crippen LogP contribution is 2.53. The Morgan fingerprint density at radius 2 is 1.76 bits per heavy atom. The molecule has 10 heteroatoms. The van der Waals surface area contributed by atoms with Crippen LogP contribution in [0.1, 0.15) is 74.5 Å². The highest BCUT2D eigenvalue weighted by atomic mass is 16.5. The van der Waals surface area contributed by atoms with Crippen LogP contribution < -0.4 is 19.7 Å². The van der Waals surface area contributed by atoms with Crippen LogP contribution in [0, 0.1) is 0 Å². The molecule has 5 heterocycles. The van der Waals surface area contributed by atoms with Crippen molar-refractivity contribution in [2.75, 3.05) is 31.2 Å². The van der Waals surface area contributed by atoms with Crippen molar-refractivity contribution in [1.29, 1.82) is 0 Å². The summed E-state index contributed by atoms with van der Waals surface area (Å²) in [5.74, 6) is 2.40. The minimum absolute atomic E-state index is 0.0253. The number of fused-ring (bicyclic) bond motifs is 4. The first-order valence-electron chi connectivity index (χ1n) is 19.8. The summed E-state index contributed by atoms with van der Waals surface area (Å²) >= 11 is 0. The van der Waals surface area contributed by atoms with Crippen molar-refractivity contribution in [2.45, 2.75) is 95.2 Å². The Bertz CT molecular complexity index is 2230. The molecular formula is C44H47N5O5. The summed E-state index contributed by atoms with van der Waals surface area (Å²) < 4.78 is 19.3. The van der Waals surface area contributed by atoms with Gasteiger partial charge >= 0.3 is 6.01 Å². The Balaban J connectivity index is 1.13. The Kier molecular flexibility index (Phi) is 8.55. The Morgan fingerprint density at radius 3 is 2.50 bits per heavy atom. The molecule has 3 atom stereocenters. The molecule has 4 aliphatic heterocycles. The number of carbonyl (C=O) groups excluding carboxylic acids is 1. The normalized spacial score (nSPS) is 22.9. The van der Waals surface area contributed by atoms with Crippen LogP contribution in [0.2, 0.25) is 0 Å². The molecule has 1 amide bonds. The maximum absolute atomic E-state index is 12.5. The second kappa shape index (κ2) is 13.7. The third-order valence-corrected chi connectivity index (χ3v) is 12.2. The lowest BCUT2D eigenvalue weighted by molar-refractivity contribution is -0.129. The van der Waals surface area contributed by atoms with Gasteiger partial charge in [-0.3, -0.25) is 4.79 Å². The van der Waals surface area contributed by atoms with E-state index in [1.165, 1.54) is 5.56 Å². The van der Waals surface area contributed by atoms with E-state index in [9.17, 15) is 9.90 Å². The van der Waals surface area contributed by atoms with Crippen LogP contribution in [0.3, 0.4) is 0 Å². The number of carbonyl (C=O) groups is 1. The molecule has 4 saturated heterocycles. The number of likely N-dealkylation sites (tertiary alicyclic amines) is 1. The number of hydrogen-bond acceptors (Lipinski definition) is 9. The van der Waals surface area contributed by atoms with Gasteiger partial charge in [0.25, 0.3) is 0 Å². The minimum atomic E-state index is -0.0253. The fraction of sp³-hybridized carbons (Fsp3) is 0.432. The summed E-state index contributed by atoms with van der Waals surface area (Å²) in [5.41, 5.74) is 5.96. The highest BCUT2D eigenvalue weighted by molar-refractivity contribution is 6.06. The maximum atomic E-state index is 12.5. The predicted octanol–water partition coefficient (Wildman–Crippen LogP) is 7.23. The summed E-state index contributed by atoms with van der Waals surface area (Å²) in [6, 6.07) is 24.1. The maximum Gasteiger partial charge on any atom is 0.319 e. The van der Waals surface area contributed by atoms with Crippen LogP contribution in [-0.2, 0) is 22.7 Å². The fourth-order valence-corrected chi connectivity index (χ4v) is 9.11. The van der Waals surface area contributed by atoms with Gasteiger partial charge in [-0.25, -0.2) is 0 Å². The van der Waals surface area contributed by atoms with E-state index in [2.05, 4.69) is 59.6 Å². The van der Waals surface area contributed by atoms with Crippen LogP contribution in [0.25, 0.3) is 32.8 Å². The molecule has 0 spiro atoms. The summed E-state index contributed by atoms with van der Waals surface area (Å²) in [4.78, 5) is 27.4. The quantitative estimate of drug-likeness (QED) is 0.154. The average molecular weight is 726 g/mol. The molecule has 3 unspecified atom stereocenters. The molecule has 2 N–H and O–H groups in total. The van der Waals surface area contributed by atoms with Gasteiger partial charge < -0.3 is 34.4 Å². The molecule has 54 heavy (non-hydrogen) atoms. The van der Waals surface area contributed by atoms with Gasteiger partial charge in [0.1, 0.15) is 29.8 Å². The Labute approximate surface area is 315 Å². The second-order valence-electron chi connectivity index (χ2n) is 16.0. The number of nitrogens with one attached hydrogen (secondary N) is 1. The van der Waals surface area contributed by atoms with Gasteiger partial charge in [-0.1, -0.05) is 48.5 Å². The molecule has 5 fully saturated rings. The lowest BCUT2D eigenvalue weighted by Gasteiger charge is -2.31. The third kappa shape index (κ3) is 6.29. The van der Waals surface area contributed by atoms with Gasteiger partial charge in [0.2, 0.25) is 5.91 Å². The van der Waals surface area contributed by atoms with Gasteiger partial charge in [0, 0.05) is 68.0 Å². The van der Waals surface area contributed by atoms with Crippen molar-refractivity contribution >= 4 is 33.4 Å². The molecule has 0 radical (unpaired) electrons. The summed E-state index contributed by atoms with van der Waals surface area (Å²) in [5, 5.41) is 17.8. The number of rotatable bonds is 10. The first-order chi connectivity index (χ1) is 26.4. The van der Waals surface area contributed by atoms with E-state index >= 15 is 0 Å². The lowest BCUT2D eigenvalue weighted by Crippen LogP contribution is -2.44. The number of phenolic OH excluding ortho intramolecular Hbond substituents is 1. The van der Waals surface area contributed by atoms with Gasteiger partial charge in [-0.05, 0) is 89.8 Å². The number of amides is 1. The zero-order valence-electron chi connectivity index (χ0n) is 30.8. The van der Waals surface area contributed by atoms with Crippen molar-refractivity contribution in [2.24, 2.45) is 0 Å². The van der Waals surface area contributed by atoms with Crippen molar-refractivity contribution < 1.29 is 24.1 Å². The lowest BCUT2D eigenvalue weighted by atomic mass is 9.90. The molecule has 4 aromatic carbocycles. The largest absolute Gasteiger partial charge is 0.508 e. The number of hydrogen-bond donors (Lipinski definition) is 2. The standard InChI is InChI=1S/C44H47N5O5/c1-26-6-13-39(51)48(26)23-27-7-9-28(10-8-27)25-53-42-40(37-20-33(50)18-30-4-2-3-5-35(30)37)36(29-11-12-29)21-38-41(42)46-44(54-34-14-16-52-17-15-34)47-43(38)49-24-31-19-32(49)22-45-31/h2-5,7-10,18,20-21,26,29,31-32,34,45,50H,6,11-17,19,22-25H2,1H3. The summed E-state index contributed by atoms with van der Waals surface area (Å²) in [7, 11) is 0. The van der Waals surface area contributed by atoms with Crippen molar-refractivity contribution in [3.63, 3.8) is 0 Å². The molecule has 1 aromatic heterocycles. The summed E-state index contributed by atoms with van der Waals surface area (Å²) in [6.45, 7) is 6.20. The molecule has 1 aliphatic carbocycles.